The lowest BCUT2D eigenvalue weighted by Gasteiger charge is -2.13. The van der Waals surface area contributed by atoms with Gasteiger partial charge in [0, 0.05) is 10.5 Å². The summed E-state index contributed by atoms with van der Waals surface area (Å²) < 4.78 is 23.2. The highest BCUT2D eigenvalue weighted by molar-refractivity contribution is 8.00. The molecule has 4 nitrogen and oxygen atoms in total. The van der Waals surface area contributed by atoms with Crippen molar-refractivity contribution in [1.82, 2.24) is 0 Å². The number of carbonyl (C=O) groups is 2. The molecule has 1 rings (SSSR count). The Morgan fingerprint density at radius 3 is 2.40 bits per heavy atom. The number of benzene rings is 1. The highest BCUT2D eigenvalue weighted by Gasteiger charge is 2.18. The first kappa shape index (κ1) is 23.5. The maximum Gasteiger partial charge on any atom is 0.333 e. The number of rotatable bonds is 7. The highest BCUT2D eigenvalue weighted by atomic mass is 35.5. The second kappa shape index (κ2) is 11.9. The Morgan fingerprint density at radius 1 is 1.28 bits per heavy atom. The molecule has 0 amide bonds. The van der Waals surface area contributed by atoms with Crippen molar-refractivity contribution in [3.05, 3.63) is 40.7 Å². The molecule has 0 aliphatic rings. The Kier molecular flexibility index (Phi) is 11.2. The van der Waals surface area contributed by atoms with Crippen LogP contribution in [-0.2, 0) is 19.1 Å². The number of halogens is 2. The molecular weight excluding hydrogens is 367 g/mol. The quantitative estimate of drug-likeness (QED) is 0.285. The van der Waals surface area contributed by atoms with Crippen LogP contribution in [0.25, 0.3) is 0 Å². The monoisotopic (exact) mass is 390 g/mol. The zero-order chi connectivity index (χ0) is 19.6. The third-order valence-electron chi connectivity index (χ3n) is 2.76. The number of carbonyl (C=O) groups excluding carboxylic acids is 2. The van der Waals surface area contributed by atoms with E-state index in [4.69, 9.17) is 21.1 Å². The van der Waals surface area contributed by atoms with E-state index in [-0.39, 0.29) is 23.8 Å². The van der Waals surface area contributed by atoms with Gasteiger partial charge in [0.25, 0.3) is 0 Å². The molecule has 25 heavy (non-hydrogen) atoms. The molecule has 0 spiro atoms. The fourth-order valence-electron chi connectivity index (χ4n) is 1.48. The number of esters is 2. The lowest BCUT2D eigenvalue weighted by molar-refractivity contribution is -0.149. The van der Waals surface area contributed by atoms with Gasteiger partial charge in [-0.25, -0.2) is 9.18 Å². The Morgan fingerprint density at radius 2 is 1.84 bits per heavy atom. The molecule has 1 unspecified atom stereocenters. The molecule has 0 aliphatic heterocycles. The van der Waals surface area contributed by atoms with Crippen LogP contribution < -0.4 is 0 Å². The van der Waals surface area contributed by atoms with Crippen molar-refractivity contribution in [1.29, 1.82) is 0 Å². The second-order valence-corrected chi connectivity index (χ2v) is 6.67. The van der Waals surface area contributed by atoms with Crippen LogP contribution in [-0.4, -0.2) is 30.4 Å². The first-order valence-electron chi connectivity index (χ1n) is 7.84. The highest BCUT2D eigenvalue weighted by Crippen LogP contribution is 2.32. The Bertz CT molecular complexity index is 619. The van der Waals surface area contributed by atoms with E-state index in [0.717, 1.165) is 0 Å². The molecule has 0 saturated carbocycles. The Labute approximate surface area is 157 Å². The average Bonchev–Trinajstić information content (AvgIpc) is 2.57. The summed E-state index contributed by atoms with van der Waals surface area (Å²) in [5, 5.41) is -0.289. The van der Waals surface area contributed by atoms with Crippen LogP contribution in [0.5, 0.6) is 0 Å². The fraction of sp³-hybridized carbons (Fsp3) is 0.444. The smallest absolute Gasteiger partial charge is 0.333 e. The zero-order valence-corrected chi connectivity index (χ0v) is 16.7. The van der Waals surface area contributed by atoms with Crippen LogP contribution in [0.4, 0.5) is 4.39 Å². The van der Waals surface area contributed by atoms with Crippen molar-refractivity contribution in [2.75, 3.05) is 13.2 Å². The average molecular weight is 391 g/mol. The molecule has 7 heteroatoms. The van der Waals surface area contributed by atoms with Gasteiger partial charge in [-0.1, -0.05) is 32.0 Å². The van der Waals surface area contributed by atoms with Crippen LogP contribution in [0.15, 0.2) is 29.2 Å². The van der Waals surface area contributed by atoms with E-state index in [1.54, 1.807) is 19.9 Å². The van der Waals surface area contributed by atoms with Crippen LogP contribution in [0.1, 0.15) is 33.3 Å². The van der Waals surface area contributed by atoms with E-state index < -0.39 is 23.0 Å². The molecule has 0 bridgehead atoms. The molecule has 1 atom stereocenters. The summed E-state index contributed by atoms with van der Waals surface area (Å²) in [6.45, 7) is 12.2. The van der Waals surface area contributed by atoms with Gasteiger partial charge in [-0.3, -0.25) is 4.79 Å². The maximum atomic E-state index is 13.4. The van der Waals surface area contributed by atoms with Gasteiger partial charge in [-0.15, -0.1) is 11.8 Å². The van der Waals surface area contributed by atoms with E-state index >= 15 is 0 Å². The van der Waals surface area contributed by atoms with Crippen LogP contribution in [0, 0.1) is 12.7 Å². The molecule has 0 radical (unpaired) electrons. The summed E-state index contributed by atoms with van der Waals surface area (Å²) in [4.78, 5) is 23.6. The van der Waals surface area contributed by atoms with Gasteiger partial charge < -0.3 is 9.47 Å². The summed E-state index contributed by atoms with van der Waals surface area (Å²) in [6, 6.07) is 2.80. The van der Waals surface area contributed by atoms with E-state index in [1.807, 2.05) is 13.8 Å². The summed E-state index contributed by atoms with van der Waals surface area (Å²) in [5.41, 5.74) is 0.728. The summed E-state index contributed by atoms with van der Waals surface area (Å²) in [5.74, 6) is -1.40. The zero-order valence-electron chi connectivity index (χ0n) is 15.2. The lowest BCUT2D eigenvalue weighted by Crippen LogP contribution is -2.20. The number of ether oxygens (including phenoxy) is 2. The Hall–Kier alpha value is -1.53. The number of hydrogen-bond acceptors (Lipinski definition) is 5. The minimum Gasteiger partial charge on any atom is -0.461 e. The standard InChI is InChI=1S/C16H18ClFO4S.C2H6/c1-9(2)15(19)21-5-6-22-16(20)11(4)23-14-7-10(3)13(18)8-12(14)17;1-2/h7-8,11H,1,5-6H2,2-4H3;1-2H3. The van der Waals surface area contributed by atoms with Gasteiger partial charge in [0.05, 0.1) is 5.02 Å². The first-order chi connectivity index (χ1) is 11.7. The molecule has 140 valence electrons. The lowest BCUT2D eigenvalue weighted by atomic mass is 10.2. The van der Waals surface area contributed by atoms with Crippen molar-refractivity contribution >= 4 is 35.3 Å². The summed E-state index contributed by atoms with van der Waals surface area (Å²) >= 11 is 7.14. The van der Waals surface area contributed by atoms with E-state index in [9.17, 15) is 14.0 Å². The molecule has 1 aromatic rings. The molecule has 0 heterocycles. The van der Waals surface area contributed by atoms with Crippen molar-refractivity contribution in [3.8, 4) is 0 Å². The van der Waals surface area contributed by atoms with Crippen molar-refractivity contribution < 1.29 is 23.5 Å². The SMILES string of the molecule is C=C(C)C(=O)OCCOC(=O)C(C)Sc1cc(C)c(F)cc1Cl.CC. The third-order valence-corrected chi connectivity index (χ3v) is 4.32. The maximum absolute atomic E-state index is 13.4. The van der Waals surface area contributed by atoms with Gasteiger partial charge in [0.2, 0.25) is 0 Å². The summed E-state index contributed by atoms with van der Waals surface area (Å²) in [6.07, 6.45) is 0. The van der Waals surface area contributed by atoms with E-state index in [0.29, 0.717) is 10.5 Å². The normalized spacial score (nSPS) is 11.0. The van der Waals surface area contributed by atoms with Gasteiger partial charge in [0.1, 0.15) is 24.3 Å². The summed E-state index contributed by atoms with van der Waals surface area (Å²) in [7, 11) is 0. The van der Waals surface area contributed by atoms with Crippen LogP contribution in [0.3, 0.4) is 0 Å². The minimum atomic E-state index is -0.533. The van der Waals surface area contributed by atoms with E-state index in [1.165, 1.54) is 24.8 Å². The van der Waals surface area contributed by atoms with Gasteiger partial charge in [-0.05, 0) is 38.5 Å². The molecule has 0 fully saturated rings. The molecule has 0 N–H and O–H groups in total. The second-order valence-electron chi connectivity index (χ2n) is 4.88. The van der Waals surface area contributed by atoms with E-state index in [2.05, 4.69) is 6.58 Å². The molecule has 0 aromatic heterocycles. The number of thioether (sulfide) groups is 1. The predicted molar refractivity (Wildman–Crippen MR) is 99.5 cm³/mol. The minimum absolute atomic E-state index is 0.0365. The number of hydrogen-bond donors (Lipinski definition) is 0. The number of aryl methyl sites for hydroxylation is 1. The van der Waals surface area contributed by atoms with Crippen molar-refractivity contribution in [3.63, 3.8) is 0 Å². The predicted octanol–water partition coefficient (Wildman–Crippen LogP) is 4.96. The van der Waals surface area contributed by atoms with Crippen LogP contribution >= 0.6 is 23.4 Å². The van der Waals surface area contributed by atoms with Gasteiger partial charge in [0.15, 0.2) is 0 Å². The van der Waals surface area contributed by atoms with Gasteiger partial charge >= 0.3 is 11.9 Å². The Balaban J connectivity index is 0.00000277. The van der Waals surface area contributed by atoms with Crippen LogP contribution in [0.2, 0.25) is 5.02 Å². The van der Waals surface area contributed by atoms with Gasteiger partial charge in [-0.2, -0.15) is 0 Å². The molecule has 1 aromatic carbocycles. The molecule has 0 aliphatic carbocycles. The van der Waals surface area contributed by atoms with Crippen molar-refractivity contribution in [2.24, 2.45) is 0 Å². The third kappa shape index (κ3) is 8.40. The molecule has 0 saturated heterocycles. The van der Waals surface area contributed by atoms with Crippen molar-refractivity contribution in [2.45, 2.75) is 44.8 Å². The molecular formula is C18H24ClFO4S. The fourth-order valence-corrected chi connectivity index (χ4v) is 2.72. The largest absolute Gasteiger partial charge is 0.461 e. The topological polar surface area (TPSA) is 52.6 Å². The first-order valence-corrected chi connectivity index (χ1v) is 9.09.